The Morgan fingerprint density at radius 2 is 1.89 bits per heavy atom. The highest BCUT2D eigenvalue weighted by Crippen LogP contribution is 2.23. The summed E-state index contributed by atoms with van der Waals surface area (Å²) in [5.41, 5.74) is 2.01. The summed E-state index contributed by atoms with van der Waals surface area (Å²) < 4.78 is 29.2. The second-order valence-electron chi connectivity index (χ2n) is 7.61. The van der Waals surface area contributed by atoms with Crippen LogP contribution in [-0.2, 0) is 27.9 Å². The molecule has 0 saturated heterocycles. The first-order chi connectivity index (χ1) is 13.4. The predicted octanol–water partition coefficient (Wildman–Crippen LogP) is 2.05. The molecule has 0 bridgehead atoms. The number of carbonyl (C=O) groups is 1. The third-order valence-corrected chi connectivity index (χ3v) is 6.52. The molecule has 1 saturated carbocycles. The van der Waals surface area contributed by atoms with Crippen LogP contribution < -0.4 is 10.0 Å². The molecule has 28 heavy (non-hydrogen) atoms. The zero-order valence-electron chi connectivity index (χ0n) is 16.2. The van der Waals surface area contributed by atoms with Gasteiger partial charge in [0.25, 0.3) is 0 Å². The Kier molecular flexibility index (Phi) is 6.85. The van der Waals surface area contributed by atoms with E-state index in [-0.39, 0.29) is 6.04 Å². The highest BCUT2D eigenvalue weighted by molar-refractivity contribution is 7.90. The van der Waals surface area contributed by atoms with E-state index in [1.807, 2.05) is 35.0 Å². The molecule has 8 heteroatoms. The van der Waals surface area contributed by atoms with E-state index in [4.69, 9.17) is 0 Å². The van der Waals surface area contributed by atoms with Crippen LogP contribution in [0.2, 0.25) is 0 Å². The van der Waals surface area contributed by atoms with Gasteiger partial charge in [-0.05, 0) is 42.7 Å². The molecule has 1 amide bonds. The van der Waals surface area contributed by atoms with Crippen molar-refractivity contribution in [2.24, 2.45) is 5.92 Å². The second-order valence-corrected chi connectivity index (χ2v) is 9.37. The molecular weight excluding hydrogens is 376 g/mol. The van der Waals surface area contributed by atoms with Crippen molar-refractivity contribution in [1.82, 2.24) is 19.6 Å². The van der Waals surface area contributed by atoms with Gasteiger partial charge < -0.3 is 9.88 Å². The molecule has 7 nitrogen and oxygen atoms in total. The van der Waals surface area contributed by atoms with Crippen molar-refractivity contribution in [1.29, 1.82) is 0 Å². The molecule has 2 N–H and O–H groups in total. The van der Waals surface area contributed by atoms with Gasteiger partial charge in [-0.3, -0.25) is 4.79 Å². The first-order valence-electron chi connectivity index (χ1n) is 9.70. The van der Waals surface area contributed by atoms with Crippen LogP contribution in [0.25, 0.3) is 0 Å². The Labute approximate surface area is 166 Å². The van der Waals surface area contributed by atoms with Crippen LogP contribution in [-0.4, -0.2) is 35.7 Å². The molecule has 0 spiro atoms. The maximum atomic E-state index is 12.3. The molecular formula is C20H28N4O3S. The number of imidazole rings is 1. The van der Waals surface area contributed by atoms with Crippen molar-refractivity contribution in [3.63, 3.8) is 0 Å². The molecule has 1 fully saturated rings. The average Bonchev–Trinajstić information content (AvgIpc) is 3.15. The molecule has 1 heterocycles. The maximum absolute atomic E-state index is 12.3. The van der Waals surface area contributed by atoms with Gasteiger partial charge in [0.2, 0.25) is 15.9 Å². The van der Waals surface area contributed by atoms with Crippen molar-refractivity contribution >= 4 is 15.9 Å². The van der Waals surface area contributed by atoms with Crippen LogP contribution in [0.1, 0.15) is 43.7 Å². The van der Waals surface area contributed by atoms with Gasteiger partial charge in [0.1, 0.15) is 5.75 Å². The van der Waals surface area contributed by atoms with Gasteiger partial charge >= 0.3 is 0 Å². The van der Waals surface area contributed by atoms with E-state index in [2.05, 4.69) is 21.9 Å². The highest BCUT2D eigenvalue weighted by Gasteiger charge is 2.24. The summed E-state index contributed by atoms with van der Waals surface area (Å²) in [4.78, 5) is 16.2. The molecule has 0 aliphatic heterocycles. The second kappa shape index (κ2) is 9.34. The summed E-state index contributed by atoms with van der Waals surface area (Å²) in [6.07, 6.45) is 9.04. The summed E-state index contributed by atoms with van der Waals surface area (Å²) in [7, 11) is -3.63. The van der Waals surface area contributed by atoms with E-state index in [1.54, 1.807) is 12.5 Å². The fourth-order valence-corrected chi connectivity index (χ4v) is 4.83. The largest absolute Gasteiger partial charge is 0.351 e. The molecule has 1 aliphatic rings. The van der Waals surface area contributed by atoms with Gasteiger partial charge in [0.05, 0.1) is 6.33 Å². The third-order valence-electron chi connectivity index (χ3n) is 5.19. The average molecular weight is 405 g/mol. The van der Waals surface area contributed by atoms with Gasteiger partial charge in [-0.2, -0.15) is 0 Å². The van der Waals surface area contributed by atoms with Crippen LogP contribution in [0.4, 0.5) is 0 Å². The Balaban J connectivity index is 1.51. The van der Waals surface area contributed by atoms with Crippen molar-refractivity contribution in [2.75, 3.05) is 5.75 Å². The number of aromatic nitrogens is 2. The SMILES string of the molecule is CC1CCC(NS(=O)(=O)CC(=O)NCc2ccccc2Cn2ccnc2)CC1. The lowest BCUT2D eigenvalue weighted by molar-refractivity contribution is -0.118. The number of amides is 1. The van der Waals surface area contributed by atoms with Crippen LogP contribution in [0, 0.1) is 5.92 Å². The number of hydrogen-bond donors (Lipinski definition) is 2. The van der Waals surface area contributed by atoms with Crippen molar-refractivity contribution in [3.05, 3.63) is 54.1 Å². The Morgan fingerprint density at radius 1 is 1.18 bits per heavy atom. The summed E-state index contributed by atoms with van der Waals surface area (Å²) in [5, 5.41) is 2.74. The molecule has 0 radical (unpaired) electrons. The lowest BCUT2D eigenvalue weighted by Gasteiger charge is -2.26. The van der Waals surface area contributed by atoms with E-state index in [0.717, 1.165) is 36.8 Å². The molecule has 1 aromatic heterocycles. The Morgan fingerprint density at radius 3 is 2.57 bits per heavy atom. The molecule has 0 unspecified atom stereocenters. The van der Waals surface area contributed by atoms with E-state index >= 15 is 0 Å². The normalized spacial score (nSPS) is 20.0. The van der Waals surface area contributed by atoms with E-state index in [1.165, 1.54) is 0 Å². The number of benzene rings is 1. The van der Waals surface area contributed by atoms with Crippen molar-refractivity contribution in [3.8, 4) is 0 Å². The first kappa shape index (κ1) is 20.5. The lowest BCUT2D eigenvalue weighted by atomic mass is 9.88. The summed E-state index contributed by atoms with van der Waals surface area (Å²) in [6.45, 7) is 3.12. The van der Waals surface area contributed by atoms with Crippen LogP contribution >= 0.6 is 0 Å². The van der Waals surface area contributed by atoms with Crippen molar-refractivity contribution < 1.29 is 13.2 Å². The molecule has 0 atom stereocenters. The zero-order chi connectivity index (χ0) is 20.0. The first-order valence-corrected chi connectivity index (χ1v) is 11.4. The third kappa shape index (κ3) is 6.17. The Hall–Kier alpha value is -2.19. The topological polar surface area (TPSA) is 93.1 Å². The number of nitrogens with zero attached hydrogens (tertiary/aromatic N) is 2. The van der Waals surface area contributed by atoms with Gasteiger partial charge in [-0.25, -0.2) is 18.1 Å². The standard InChI is InChI=1S/C20H28N4O3S/c1-16-6-8-19(9-7-16)23-28(26,27)14-20(25)22-12-17-4-2-3-5-18(17)13-24-11-10-21-15-24/h2-5,10-11,15-16,19,23H,6-9,12-14H2,1H3,(H,22,25). The number of nitrogens with one attached hydrogen (secondary N) is 2. The smallest absolute Gasteiger partial charge is 0.236 e. The van der Waals surface area contributed by atoms with Gasteiger partial charge in [-0.15, -0.1) is 0 Å². The van der Waals surface area contributed by atoms with Crippen LogP contribution in [0.5, 0.6) is 0 Å². The molecule has 1 aromatic carbocycles. The van der Waals surface area contributed by atoms with Crippen LogP contribution in [0.15, 0.2) is 43.0 Å². The molecule has 152 valence electrons. The van der Waals surface area contributed by atoms with Gasteiger partial charge in [0, 0.05) is 31.5 Å². The number of carbonyl (C=O) groups excluding carboxylic acids is 1. The Bertz CT molecular complexity index is 873. The van der Waals surface area contributed by atoms with Gasteiger partial charge in [0.15, 0.2) is 0 Å². The zero-order valence-corrected chi connectivity index (χ0v) is 17.0. The number of sulfonamides is 1. The summed E-state index contributed by atoms with van der Waals surface area (Å²) in [6, 6.07) is 7.72. The monoisotopic (exact) mass is 404 g/mol. The fourth-order valence-electron chi connectivity index (χ4n) is 3.55. The van der Waals surface area contributed by atoms with Crippen molar-refractivity contribution in [2.45, 2.75) is 51.7 Å². The number of rotatable bonds is 8. The van der Waals surface area contributed by atoms with E-state index in [9.17, 15) is 13.2 Å². The maximum Gasteiger partial charge on any atom is 0.236 e. The number of hydrogen-bond acceptors (Lipinski definition) is 4. The summed E-state index contributed by atoms with van der Waals surface area (Å²) >= 11 is 0. The minimum atomic E-state index is -3.63. The minimum Gasteiger partial charge on any atom is -0.351 e. The molecule has 2 aromatic rings. The molecule has 1 aliphatic carbocycles. The summed E-state index contributed by atoms with van der Waals surface area (Å²) in [5.74, 6) is -0.386. The lowest BCUT2D eigenvalue weighted by Crippen LogP contribution is -2.42. The van der Waals surface area contributed by atoms with Gasteiger partial charge in [-0.1, -0.05) is 31.2 Å². The predicted molar refractivity (Wildman–Crippen MR) is 108 cm³/mol. The highest BCUT2D eigenvalue weighted by atomic mass is 32.2. The van der Waals surface area contributed by atoms with E-state index < -0.39 is 21.7 Å². The molecule has 3 rings (SSSR count). The quantitative estimate of drug-likeness (QED) is 0.704. The minimum absolute atomic E-state index is 0.0510. The van der Waals surface area contributed by atoms with Crippen LogP contribution in [0.3, 0.4) is 0 Å². The van der Waals surface area contributed by atoms with E-state index in [0.29, 0.717) is 19.0 Å². The fraction of sp³-hybridized carbons (Fsp3) is 0.500.